The predicted molar refractivity (Wildman–Crippen MR) is 74.8 cm³/mol. The van der Waals surface area contributed by atoms with Gasteiger partial charge >= 0.3 is 11.8 Å². The molecule has 2 N–H and O–H groups in total. The molecule has 0 unspecified atom stereocenters. The maximum Gasteiger partial charge on any atom is 0.309 e. The molecule has 0 saturated heterocycles. The lowest BCUT2D eigenvalue weighted by Gasteiger charge is -2.08. The SMILES string of the molecule is CC(C)OCCCNC(=O)C(=O)NCc1ccccn1. The van der Waals surface area contributed by atoms with E-state index in [0.717, 1.165) is 0 Å². The van der Waals surface area contributed by atoms with E-state index >= 15 is 0 Å². The smallest absolute Gasteiger partial charge is 0.309 e. The van der Waals surface area contributed by atoms with Crippen LogP contribution in [0.4, 0.5) is 0 Å². The Morgan fingerprint density at radius 2 is 2.00 bits per heavy atom. The second-order valence-corrected chi connectivity index (χ2v) is 4.53. The largest absolute Gasteiger partial charge is 0.379 e. The van der Waals surface area contributed by atoms with E-state index in [1.165, 1.54) is 0 Å². The van der Waals surface area contributed by atoms with Crippen molar-refractivity contribution in [2.45, 2.75) is 32.9 Å². The second-order valence-electron chi connectivity index (χ2n) is 4.53. The van der Waals surface area contributed by atoms with Crippen LogP contribution in [0.1, 0.15) is 26.0 Å². The number of carbonyl (C=O) groups is 2. The van der Waals surface area contributed by atoms with E-state index in [9.17, 15) is 9.59 Å². The number of nitrogens with zero attached hydrogens (tertiary/aromatic N) is 1. The van der Waals surface area contributed by atoms with Gasteiger partial charge in [0.15, 0.2) is 0 Å². The number of ether oxygens (including phenoxy) is 1. The highest BCUT2D eigenvalue weighted by molar-refractivity contribution is 6.35. The summed E-state index contributed by atoms with van der Waals surface area (Å²) < 4.78 is 5.33. The van der Waals surface area contributed by atoms with E-state index in [-0.39, 0.29) is 12.6 Å². The van der Waals surface area contributed by atoms with E-state index in [0.29, 0.717) is 25.3 Å². The van der Waals surface area contributed by atoms with Crippen molar-refractivity contribution in [3.8, 4) is 0 Å². The Bertz CT molecular complexity index is 421. The minimum Gasteiger partial charge on any atom is -0.379 e. The number of carbonyl (C=O) groups excluding carboxylic acids is 2. The van der Waals surface area contributed by atoms with Gasteiger partial charge in [0.25, 0.3) is 0 Å². The highest BCUT2D eigenvalue weighted by Gasteiger charge is 2.12. The molecule has 0 radical (unpaired) electrons. The average Bonchev–Trinajstić information content (AvgIpc) is 2.45. The molecule has 1 aromatic heterocycles. The first-order valence-corrected chi connectivity index (χ1v) is 6.67. The van der Waals surface area contributed by atoms with Gasteiger partial charge in [-0.3, -0.25) is 14.6 Å². The van der Waals surface area contributed by atoms with Gasteiger partial charge < -0.3 is 15.4 Å². The second kappa shape index (κ2) is 9.03. The Balaban J connectivity index is 2.15. The number of hydrogen-bond donors (Lipinski definition) is 2. The monoisotopic (exact) mass is 279 g/mol. The van der Waals surface area contributed by atoms with Crippen LogP contribution in [0.5, 0.6) is 0 Å². The van der Waals surface area contributed by atoms with Crippen LogP contribution in [0.15, 0.2) is 24.4 Å². The molecule has 20 heavy (non-hydrogen) atoms. The Kier molecular flexibility index (Phi) is 7.27. The Hall–Kier alpha value is -1.95. The molecule has 0 aliphatic rings. The summed E-state index contributed by atoms with van der Waals surface area (Å²) in [6.45, 7) is 5.12. The quantitative estimate of drug-likeness (QED) is 0.566. The molecule has 110 valence electrons. The van der Waals surface area contributed by atoms with Crippen LogP contribution in [0.2, 0.25) is 0 Å². The lowest BCUT2D eigenvalue weighted by molar-refractivity contribution is -0.139. The molecule has 0 saturated carbocycles. The molecule has 6 heteroatoms. The molecular weight excluding hydrogens is 258 g/mol. The van der Waals surface area contributed by atoms with E-state index < -0.39 is 11.8 Å². The molecule has 0 spiro atoms. The van der Waals surface area contributed by atoms with Gasteiger partial charge in [-0.1, -0.05) is 6.07 Å². The summed E-state index contributed by atoms with van der Waals surface area (Å²) in [6, 6.07) is 5.39. The highest BCUT2D eigenvalue weighted by Crippen LogP contribution is 1.92. The zero-order valence-electron chi connectivity index (χ0n) is 11.9. The van der Waals surface area contributed by atoms with E-state index in [2.05, 4.69) is 15.6 Å². The van der Waals surface area contributed by atoms with Crippen LogP contribution in [-0.2, 0) is 20.9 Å². The van der Waals surface area contributed by atoms with Crippen LogP contribution < -0.4 is 10.6 Å². The predicted octanol–water partition coefficient (Wildman–Crippen LogP) is 0.629. The van der Waals surface area contributed by atoms with Gasteiger partial charge in [-0.25, -0.2) is 0 Å². The van der Waals surface area contributed by atoms with Gasteiger partial charge in [-0.05, 0) is 32.4 Å². The maximum absolute atomic E-state index is 11.5. The van der Waals surface area contributed by atoms with E-state index in [1.54, 1.807) is 18.3 Å². The van der Waals surface area contributed by atoms with E-state index in [4.69, 9.17) is 4.74 Å². The molecule has 1 heterocycles. The van der Waals surface area contributed by atoms with Crippen LogP contribution in [0, 0.1) is 0 Å². The van der Waals surface area contributed by atoms with Crippen molar-refractivity contribution in [2.24, 2.45) is 0 Å². The van der Waals surface area contributed by atoms with Gasteiger partial charge in [0.05, 0.1) is 18.3 Å². The number of pyridine rings is 1. The summed E-state index contributed by atoms with van der Waals surface area (Å²) in [6.07, 6.45) is 2.49. The minimum absolute atomic E-state index is 0.173. The van der Waals surface area contributed by atoms with Gasteiger partial charge in [0, 0.05) is 19.3 Å². The molecule has 0 aromatic carbocycles. The first-order valence-electron chi connectivity index (χ1n) is 6.67. The standard InChI is InChI=1S/C14H21N3O3/c1-11(2)20-9-5-8-16-13(18)14(19)17-10-12-6-3-4-7-15-12/h3-4,6-7,11H,5,8-10H2,1-2H3,(H,16,18)(H,17,19). The van der Waals surface area contributed by atoms with E-state index in [1.807, 2.05) is 19.9 Å². The van der Waals surface area contributed by atoms with Crippen LogP contribution in [0.3, 0.4) is 0 Å². The molecule has 6 nitrogen and oxygen atoms in total. The zero-order valence-corrected chi connectivity index (χ0v) is 11.9. The van der Waals surface area contributed by atoms with Crippen molar-refractivity contribution >= 4 is 11.8 Å². The van der Waals surface area contributed by atoms with Crippen molar-refractivity contribution in [1.29, 1.82) is 0 Å². The number of rotatable bonds is 7. The van der Waals surface area contributed by atoms with Crippen molar-refractivity contribution in [2.75, 3.05) is 13.2 Å². The Labute approximate surface area is 118 Å². The average molecular weight is 279 g/mol. The van der Waals surface area contributed by atoms with Crippen molar-refractivity contribution in [3.05, 3.63) is 30.1 Å². The highest BCUT2D eigenvalue weighted by atomic mass is 16.5. The fourth-order valence-electron chi connectivity index (χ4n) is 1.43. The molecular formula is C14H21N3O3. The lowest BCUT2D eigenvalue weighted by atomic mass is 10.3. The Morgan fingerprint density at radius 3 is 2.65 bits per heavy atom. The molecule has 0 fully saturated rings. The number of amides is 2. The number of nitrogens with one attached hydrogen (secondary N) is 2. The third kappa shape index (κ3) is 6.84. The van der Waals surface area contributed by atoms with Crippen LogP contribution >= 0.6 is 0 Å². The topological polar surface area (TPSA) is 80.3 Å². The zero-order chi connectivity index (χ0) is 14.8. The lowest BCUT2D eigenvalue weighted by Crippen LogP contribution is -2.40. The molecule has 0 atom stereocenters. The summed E-state index contributed by atoms with van der Waals surface area (Å²) in [4.78, 5) is 27.0. The molecule has 0 aliphatic carbocycles. The third-order valence-corrected chi connectivity index (χ3v) is 2.42. The normalized spacial score (nSPS) is 10.3. The van der Waals surface area contributed by atoms with Gasteiger partial charge in [0.1, 0.15) is 0 Å². The summed E-state index contributed by atoms with van der Waals surface area (Å²) in [5, 5.41) is 5.05. The minimum atomic E-state index is -0.652. The number of aromatic nitrogens is 1. The fraction of sp³-hybridized carbons (Fsp3) is 0.500. The summed E-state index contributed by atoms with van der Waals surface area (Å²) in [7, 11) is 0. The van der Waals surface area contributed by atoms with Crippen LogP contribution in [-0.4, -0.2) is 36.1 Å². The van der Waals surface area contributed by atoms with Gasteiger partial charge in [-0.2, -0.15) is 0 Å². The summed E-state index contributed by atoms with van der Waals surface area (Å²) in [5.41, 5.74) is 0.707. The molecule has 0 bridgehead atoms. The van der Waals surface area contributed by atoms with Gasteiger partial charge in [0.2, 0.25) is 0 Å². The fourth-order valence-corrected chi connectivity index (χ4v) is 1.43. The van der Waals surface area contributed by atoms with Crippen LogP contribution in [0.25, 0.3) is 0 Å². The molecule has 1 aromatic rings. The summed E-state index contributed by atoms with van der Waals surface area (Å²) >= 11 is 0. The van der Waals surface area contributed by atoms with Crippen molar-refractivity contribution in [3.63, 3.8) is 0 Å². The van der Waals surface area contributed by atoms with Crippen molar-refractivity contribution < 1.29 is 14.3 Å². The van der Waals surface area contributed by atoms with Crippen molar-refractivity contribution in [1.82, 2.24) is 15.6 Å². The maximum atomic E-state index is 11.5. The molecule has 1 rings (SSSR count). The number of hydrogen-bond acceptors (Lipinski definition) is 4. The molecule has 0 aliphatic heterocycles. The Morgan fingerprint density at radius 1 is 1.25 bits per heavy atom. The molecule has 2 amide bonds. The third-order valence-electron chi connectivity index (χ3n) is 2.42. The summed E-state index contributed by atoms with van der Waals surface area (Å²) in [5.74, 6) is -1.29. The first-order chi connectivity index (χ1) is 9.59. The first kappa shape index (κ1) is 16.1. The van der Waals surface area contributed by atoms with Gasteiger partial charge in [-0.15, -0.1) is 0 Å².